The lowest BCUT2D eigenvalue weighted by atomic mass is 10.0. The summed E-state index contributed by atoms with van der Waals surface area (Å²) in [5.41, 5.74) is 1.83. The van der Waals surface area contributed by atoms with Crippen molar-refractivity contribution < 1.29 is 27.5 Å². The van der Waals surface area contributed by atoms with Crippen LogP contribution in [0.15, 0.2) is 29.2 Å². The van der Waals surface area contributed by atoms with E-state index in [9.17, 15) is 18.0 Å². The Balaban J connectivity index is 1.85. The van der Waals surface area contributed by atoms with E-state index in [1.807, 2.05) is 0 Å². The molecular formula is C26H38N4O6S2. The van der Waals surface area contributed by atoms with Crippen LogP contribution in [0.1, 0.15) is 45.0 Å². The van der Waals surface area contributed by atoms with Gasteiger partial charge < -0.3 is 19.7 Å². The fourth-order valence-electron chi connectivity index (χ4n) is 4.24. The number of nitrogens with zero attached hydrogens (tertiary/aromatic N) is 3. The van der Waals surface area contributed by atoms with Crippen LogP contribution in [0.3, 0.4) is 0 Å². The zero-order valence-electron chi connectivity index (χ0n) is 22.9. The van der Waals surface area contributed by atoms with Gasteiger partial charge >= 0.3 is 0 Å². The Morgan fingerprint density at radius 1 is 1.08 bits per heavy atom. The summed E-state index contributed by atoms with van der Waals surface area (Å²) in [5.74, 6) is -0.555. The van der Waals surface area contributed by atoms with Crippen molar-refractivity contribution >= 4 is 38.2 Å². The third kappa shape index (κ3) is 6.80. The molecular weight excluding hydrogens is 528 g/mol. The molecule has 2 amide bonds. The Kier molecular flexibility index (Phi) is 10.4. The first-order chi connectivity index (χ1) is 18.0. The van der Waals surface area contributed by atoms with Crippen molar-refractivity contribution in [2.24, 2.45) is 0 Å². The summed E-state index contributed by atoms with van der Waals surface area (Å²) in [7, 11) is 2.62. The van der Waals surface area contributed by atoms with Gasteiger partial charge in [0.1, 0.15) is 5.00 Å². The number of nitrogens with one attached hydrogen (secondary N) is 1. The number of hydrogen-bond acceptors (Lipinski definition) is 8. The fraction of sp³-hybridized carbons (Fsp3) is 0.538. The average Bonchev–Trinajstić information content (AvgIpc) is 3.24. The van der Waals surface area contributed by atoms with Gasteiger partial charge in [-0.05, 0) is 50.1 Å². The van der Waals surface area contributed by atoms with E-state index in [1.54, 1.807) is 14.1 Å². The summed E-state index contributed by atoms with van der Waals surface area (Å²) < 4.78 is 37.7. The molecule has 3 rings (SSSR count). The first kappa shape index (κ1) is 30.2. The number of ether oxygens (including phenoxy) is 2. The summed E-state index contributed by atoms with van der Waals surface area (Å²) in [6, 6.07) is 6.18. The van der Waals surface area contributed by atoms with Crippen LogP contribution in [0.25, 0.3) is 0 Å². The highest BCUT2D eigenvalue weighted by atomic mass is 32.2. The van der Waals surface area contributed by atoms with Crippen LogP contribution in [-0.2, 0) is 32.5 Å². The van der Waals surface area contributed by atoms with E-state index in [4.69, 9.17) is 9.47 Å². The van der Waals surface area contributed by atoms with E-state index >= 15 is 0 Å². The number of sulfonamides is 1. The van der Waals surface area contributed by atoms with Crippen LogP contribution in [0, 0.1) is 0 Å². The molecule has 1 aliphatic heterocycles. The lowest BCUT2D eigenvalue weighted by Crippen LogP contribution is -2.36. The number of rotatable bonds is 12. The van der Waals surface area contributed by atoms with Gasteiger partial charge in [0.05, 0.1) is 23.7 Å². The molecule has 210 valence electrons. The summed E-state index contributed by atoms with van der Waals surface area (Å²) in [6.07, 6.45) is 0.740. The number of benzene rings is 1. The molecule has 0 atom stereocenters. The molecule has 1 N–H and O–H groups in total. The maximum atomic E-state index is 13.2. The van der Waals surface area contributed by atoms with Gasteiger partial charge in [0.25, 0.3) is 11.8 Å². The molecule has 12 heteroatoms. The van der Waals surface area contributed by atoms with Crippen molar-refractivity contribution in [3.05, 3.63) is 45.8 Å². The maximum absolute atomic E-state index is 13.2. The van der Waals surface area contributed by atoms with Gasteiger partial charge in [-0.1, -0.05) is 0 Å². The van der Waals surface area contributed by atoms with Crippen molar-refractivity contribution in [1.82, 2.24) is 14.1 Å². The molecule has 2 heterocycles. The Bertz CT molecular complexity index is 1220. The minimum absolute atomic E-state index is 0.0742. The summed E-state index contributed by atoms with van der Waals surface area (Å²) in [6.45, 7) is 6.74. The predicted molar refractivity (Wildman–Crippen MR) is 148 cm³/mol. The van der Waals surface area contributed by atoms with Crippen molar-refractivity contribution in [3.63, 3.8) is 0 Å². The number of carbonyl (C=O) groups excluding carboxylic acids is 2. The van der Waals surface area contributed by atoms with Crippen molar-refractivity contribution in [1.29, 1.82) is 0 Å². The molecule has 0 fully saturated rings. The van der Waals surface area contributed by atoms with Crippen LogP contribution in [-0.4, -0.2) is 102 Å². The lowest BCUT2D eigenvalue weighted by molar-refractivity contribution is 0.0827. The van der Waals surface area contributed by atoms with E-state index in [0.29, 0.717) is 22.2 Å². The van der Waals surface area contributed by atoms with Gasteiger partial charge in [0.2, 0.25) is 10.0 Å². The van der Waals surface area contributed by atoms with Crippen LogP contribution in [0.2, 0.25) is 0 Å². The number of fused-ring (bicyclic) bond motifs is 1. The highest BCUT2D eigenvalue weighted by molar-refractivity contribution is 7.89. The molecule has 1 aliphatic rings. The minimum atomic E-state index is -3.80. The van der Waals surface area contributed by atoms with E-state index in [2.05, 4.69) is 24.1 Å². The number of carbonyl (C=O) groups is 2. The number of hydrogen-bond donors (Lipinski definition) is 1. The molecule has 0 spiro atoms. The standard InChI is InChI=1S/C26H38N4O6S2/c1-18(2)29-12-11-21-22(17-29)37-25(23(21)26(32)28(3)4)27-24(31)19-7-9-20(10-8-19)38(33,34)30(13-15-35-5)14-16-36-6/h7-10,18H,11-17H2,1-6H3,(H,27,31). The molecule has 10 nitrogen and oxygen atoms in total. The Morgan fingerprint density at radius 3 is 2.21 bits per heavy atom. The van der Waals surface area contributed by atoms with Crippen molar-refractivity contribution in [2.75, 3.05) is 66.5 Å². The molecule has 38 heavy (non-hydrogen) atoms. The highest BCUT2D eigenvalue weighted by Crippen LogP contribution is 2.38. The number of amides is 2. The van der Waals surface area contributed by atoms with Gasteiger partial charge in [-0.25, -0.2) is 8.42 Å². The molecule has 0 saturated carbocycles. The predicted octanol–water partition coefficient (Wildman–Crippen LogP) is 2.75. The van der Waals surface area contributed by atoms with Crippen LogP contribution < -0.4 is 5.32 Å². The zero-order valence-corrected chi connectivity index (χ0v) is 24.6. The number of thiophene rings is 1. The van der Waals surface area contributed by atoms with Gasteiger partial charge in [0, 0.05) is 71.0 Å². The number of anilines is 1. The summed E-state index contributed by atoms with van der Waals surface area (Å²) >= 11 is 1.43. The molecule has 1 aromatic carbocycles. The first-order valence-corrected chi connectivity index (χ1v) is 14.8. The number of methoxy groups -OCH3 is 2. The third-order valence-electron chi connectivity index (χ3n) is 6.51. The smallest absolute Gasteiger partial charge is 0.256 e. The molecule has 1 aromatic heterocycles. The summed E-state index contributed by atoms with van der Waals surface area (Å²) in [5, 5.41) is 3.44. The molecule has 0 unspecified atom stereocenters. The average molecular weight is 567 g/mol. The topological polar surface area (TPSA) is 108 Å². The van der Waals surface area contributed by atoms with Crippen molar-refractivity contribution in [2.45, 2.75) is 37.8 Å². The first-order valence-electron chi connectivity index (χ1n) is 12.5. The molecule has 0 radical (unpaired) electrons. The quantitative estimate of drug-likeness (QED) is 0.421. The van der Waals surface area contributed by atoms with E-state index < -0.39 is 15.9 Å². The van der Waals surface area contributed by atoms with Crippen molar-refractivity contribution in [3.8, 4) is 0 Å². The largest absolute Gasteiger partial charge is 0.383 e. The van der Waals surface area contributed by atoms with Gasteiger partial charge in [-0.3, -0.25) is 14.5 Å². The highest BCUT2D eigenvalue weighted by Gasteiger charge is 2.30. The monoisotopic (exact) mass is 566 g/mol. The Hall–Kier alpha value is -2.35. The van der Waals surface area contributed by atoms with Gasteiger partial charge in [-0.15, -0.1) is 11.3 Å². The summed E-state index contributed by atoms with van der Waals surface area (Å²) in [4.78, 5) is 31.3. The van der Waals surface area contributed by atoms with Gasteiger partial charge in [0.15, 0.2) is 0 Å². The van der Waals surface area contributed by atoms with Crippen LogP contribution >= 0.6 is 11.3 Å². The van der Waals surface area contributed by atoms with E-state index in [-0.39, 0.29) is 37.1 Å². The van der Waals surface area contributed by atoms with Crippen LogP contribution in [0.5, 0.6) is 0 Å². The lowest BCUT2D eigenvalue weighted by Gasteiger charge is -2.30. The van der Waals surface area contributed by atoms with Crippen LogP contribution in [0.4, 0.5) is 5.00 Å². The molecule has 0 saturated heterocycles. The molecule has 2 aromatic rings. The molecule has 0 bridgehead atoms. The maximum Gasteiger partial charge on any atom is 0.256 e. The Morgan fingerprint density at radius 2 is 1.68 bits per heavy atom. The minimum Gasteiger partial charge on any atom is -0.383 e. The van der Waals surface area contributed by atoms with E-state index in [1.165, 1.54) is 59.0 Å². The van der Waals surface area contributed by atoms with Gasteiger partial charge in [-0.2, -0.15) is 4.31 Å². The second-order valence-electron chi connectivity index (χ2n) is 9.59. The third-order valence-corrected chi connectivity index (χ3v) is 9.55. The fourth-order valence-corrected chi connectivity index (χ4v) is 6.91. The molecule has 0 aliphatic carbocycles. The normalized spacial score (nSPS) is 14.1. The zero-order chi connectivity index (χ0) is 28.0. The Labute approximate surface area is 229 Å². The second-order valence-corrected chi connectivity index (χ2v) is 12.6. The SMILES string of the molecule is COCCN(CCOC)S(=O)(=O)c1ccc(C(=O)Nc2sc3c(c2C(=O)N(C)C)CCN(C(C)C)C3)cc1. The second kappa shape index (κ2) is 13.1. The van der Waals surface area contributed by atoms with E-state index in [0.717, 1.165) is 30.0 Å².